The summed E-state index contributed by atoms with van der Waals surface area (Å²) in [5, 5.41) is 0. The van der Waals surface area contributed by atoms with Gasteiger partial charge in [-0.3, -0.25) is 0 Å². The van der Waals surface area contributed by atoms with Crippen LogP contribution in [0.1, 0.15) is 25.0 Å². The summed E-state index contributed by atoms with van der Waals surface area (Å²) in [4.78, 5) is 0. The predicted molar refractivity (Wildman–Crippen MR) is 64.1 cm³/mol. The molecule has 3 heteroatoms. The van der Waals surface area contributed by atoms with Crippen LogP contribution in [0.5, 0.6) is 11.5 Å². The molecule has 0 aromatic heterocycles. The molecule has 16 heavy (non-hydrogen) atoms. The van der Waals surface area contributed by atoms with E-state index in [4.69, 9.17) is 15.2 Å². The van der Waals surface area contributed by atoms with E-state index in [2.05, 4.69) is 19.1 Å². The van der Waals surface area contributed by atoms with Crippen LogP contribution in [0.25, 0.3) is 0 Å². The first-order valence-corrected chi connectivity index (χ1v) is 5.72. The Morgan fingerprint density at radius 3 is 2.94 bits per heavy atom. The van der Waals surface area contributed by atoms with Crippen LogP contribution in [-0.4, -0.2) is 19.3 Å². The van der Waals surface area contributed by atoms with E-state index in [1.807, 2.05) is 6.92 Å². The highest BCUT2D eigenvalue weighted by Crippen LogP contribution is 2.35. The monoisotopic (exact) mass is 221 g/mol. The second-order valence-corrected chi connectivity index (χ2v) is 4.59. The molecule has 1 aliphatic heterocycles. The summed E-state index contributed by atoms with van der Waals surface area (Å²) < 4.78 is 11.1. The zero-order chi connectivity index (χ0) is 11.7. The minimum atomic E-state index is 0.130. The lowest BCUT2D eigenvalue weighted by atomic mass is 10.0. The van der Waals surface area contributed by atoms with Crippen LogP contribution in [0, 0.1) is 0 Å². The molecular formula is C13H19NO2. The Balaban J connectivity index is 2.34. The molecule has 1 heterocycles. The molecule has 3 nitrogen and oxygen atoms in total. The summed E-state index contributed by atoms with van der Waals surface area (Å²) in [6, 6.07) is 4.28. The highest BCUT2D eigenvalue weighted by molar-refractivity contribution is 5.48. The van der Waals surface area contributed by atoms with Gasteiger partial charge in [-0.05, 0) is 38.0 Å². The second kappa shape index (κ2) is 4.34. The van der Waals surface area contributed by atoms with E-state index in [9.17, 15) is 0 Å². The Bertz CT molecular complexity index is 388. The lowest BCUT2D eigenvalue weighted by molar-refractivity contribution is 0.254. The molecule has 0 aliphatic carbocycles. The highest BCUT2D eigenvalue weighted by atomic mass is 16.5. The van der Waals surface area contributed by atoms with Gasteiger partial charge in [0.1, 0.15) is 17.6 Å². The van der Waals surface area contributed by atoms with E-state index >= 15 is 0 Å². The summed E-state index contributed by atoms with van der Waals surface area (Å²) >= 11 is 0. The van der Waals surface area contributed by atoms with Crippen LogP contribution in [0.15, 0.2) is 12.1 Å². The van der Waals surface area contributed by atoms with Gasteiger partial charge in [-0.25, -0.2) is 0 Å². The third-order valence-electron chi connectivity index (χ3n) is 2.84. The number of ether oxygens (including phenoxy) is 2. The normalized spacial score (nSPS) is 20.1. The molecule has 0 radical (unpaired) electrons. The first-order valence-electron chi connectivity index (χ1n) is 5.72. The zero-order valence-electron chi connectivity index (χ0n) is 10.1. The fourth-order valence-corrected chi connectivity index (χ4v) is 2.18. The summed E-state index contributed by atoms with van der Waals surface area (Å²) in [6.07, 6.45) is 2.04. The van der Waals surface area contributed by atoms with Crippen molar-refractivity contribution < 1.29 is 9.47 Å². The third-order valence-corrected chi connectivity index (χ3v) is 2.84. The SMILES string of the molecule is COc1cc2c(cc1C[C@H](C)N)O[C@@H](C)C2. The van der Waals surface area contributed by atoms with Crippen molar-refractivity contribution in [1.82, 2.24) is 0 Å². The van der Waals surface area contributed by atoms with Crippen molar-refractivity contribution in [3.63, 3.8) is 0 Å². The van der Waals surface area contributed by atoms with E-state index in [0.29, 0.717) is 0 Å². The Hall–Kier alpha value is -1.22. The molecule has 0 spiro atoms. The third kappa shape index (κ3) is 2.14. The standard InChI is InChI=1S/C13H19NO2/c1-8(14)4-10-7-13-11(5-9(2)16-13)6-12(10)15-3/h6-9H,4-5,14H2,1-3H3/t8-,9-/m0/s1. The van der Waals surface area contributed by atoms with Gasteiger partial charge in [0.15, 0.2) is 0 Å². The number of hydrogen-bond donors (Lipinski definition) is 1. The molecule has 0 saturated heterocycles. The van der Waals surface area contributed by atoms with Crippen molar-refractivity contribution in [1.29, 1.82) is 0 Å². The fourth-order valence-electron chi connectivity index (χ4n) is 2.18. The molecule has 0 fully saturated rings. The molecule has 2 N–H and O–H groups in total. The average molecular weight is 221 g/mol. The lowest BCUT2D eigenvalue weighted by Gasteiger charge is -2.12. The first kappa shape index (κ1) is 11.3. The number of fused-ring (bicyclic) bond motifs is 1. The average Bonchev–Trinajstić information content (AvgIpc) is 2.55. The maximum atomic E-state index is 5.82. The molecule has 88 valence electrons. The van der Waals surface area contributed by atoms with Crippen molar-refractivity contribution in [2.75, 3.05) is 7.11 Å². The maximum absolute atomic E-state index is 5.82. The molecule has 0 unspecified atom stereocenters. The van der Waals surface area contributed by atoms with Crippen LogP contribution >= 0.6 is 0 Å². The highest BCUT2D eigenvalue weighted by Gasteiger charge is 2.21. The molecule has 1 aromatic carbocycles. The molecule has 0 bridgehead atoms. The topological polar surface area (TPSA) is 44.5 Å². The summed E-state index contributed by atoms with van der Waals surface area (Å²) in [5.74, 6) is 1.91. The predicted octanol–water partition coefficient (Wildman–Crippen LogP) is 1.91. The van der Waals surface area contributed by atoms with E-state index < -0.39 is 0 Å². The van der Waals surface area contributed by atoms with Gasteiger partial charge >= 0.3 is 0 Å². The van der Waals surface area contributed by atoms with Gasteiger partial charge in [0, 0.05) is 18.0 Å². The Morgan fingerprint density at radius 1 is 1.56 bits per heavy atom. The Kier molecular flexibility index (Phi) is 3.06. The lowest BCUT2D eigenvalue weighted by Crippen LogP contribution is -2.18. The van der Waals surface area contributed by atoms with E-state index in [0.717, 1.165) is 29.9 Å². The van der Waals surface area contributed by atoms with Crippen molar-refractivity contribution in [3.05, 3.63) is 23.3 Å². The van der Waals surface area contributed by atoms with Gasteiger partial charge in [-0.1, -0.05) is 0 Å². The number of hydrogen-bond acceptors (Lipinski definition) is 3. The minimum absolute atomic E-state index is 0.130. The van der Waals surface area contributed by atoms with Gasteiger partial charge in [0.25, 0.3) is 0 Å². The van der Waals surface area contributed by atoms with Crippen LogP contribution < -0.4 is 15.2 Å². The van der Waals surface area contributed by atoms with Crippen LogP contribution in [0.3, 0.4) is 0 Å². The van der Waals surface area contributed by atoms with Crippen molar-refractivity contribution in [2.24, 2.45) is 5.73 Å². The molecule has 0 amide bonds. The van der Waals surface area contributed by atoms with Crippen LogP contribution in [0.2, 0.25) is 0 Å². The maximum Gasteiger partial charge on any atom is 0.123 e. The number of methoxy groups -OCH3 is 1. The molecule has 1 aromatic rings. The Morgan fingerprint density at radius 2 is 2.31 bits per heavy atom. The van der Waals surface area contributed by atoms with E-state index in [-0.39, 0.29) is 12.1 Å². The molecule has 0 saturated carbocycles. The molecule has 2 rings (SSSR count). The number of benzene rings is 1. The molecule has 2 atom stereocenters. The van der Waals surface area contributed by atoms with Crippen molar-refractivity contribution >= 4 is 0 Å². The van der Waals surface area contributed by atoms with Gasteiger partial charge in [-0.2, -0.15) is 0 Å². The minimum Gasteiger partial charge on any atom is -0.496 e. The van der Waals surface area contributed by atoms with E-state index in [1.165, 1.54) is 5.56 Å². The Labute approximate surface area is 96.5 Å². The van der Waals surface area contributed by atoms with Crippen LogP contribution in [0.4, 0.5) is 0 Å². The molecule has 1 aliphatic rings. The first-order chi connectivity index (χ1) is 7.60. The van der Waals surface area contributed by atoms with Crippen molar-refractivity contribution in [3.8, 4) is 11.5 Å². The fraction of sp³-hybridized carbons (Fsp3) is 0.538. The quantitative estimate of drug-likeness (QED) is 0.848. The zero-order valence-corrected chi connectivity index (χ0v) is 10.1. The van der Waals surface area contributed by atoms with E-state index in [1.54, 1.807) is 7.11 Å². The summed E-state index contributed by atoms with van der Waals surface area (Å²) in [7, 11) is 1.70. The van der Waals surface area contributed by atoms with Gasteiger partial charge in [0.05, 0.1) is 7.11 Å². The number of nitrogens with two attached hydrogens (primary N) is 1. The smallest absolute Gasteiger partial charge is 0.123 e. The van der Waals surface area contributed by atoms with Gasteiger partial charge in [0.2, 0.25) is 0 Å². The second-order valence-electron chi connectivity index (χ2n) is 4.59. The number of rotatable bonds is 3. The summed E-state index contributed by atoms with van der Waals surface area (Å²) in [5.41, 5.74) is 8.19. The van der Waals surface area contributed by atoms with Crippen molar-refractivity contribution in [2.45, 2.75) is 38.8 Å². The van der Waals surface area contributed by atoms with Crippen LogP contribution in [-0.2, 0) is 12.8 Å². The van der Waals surface area contributed by atoms with Gasteiger partial charge in [-0.15, -0.1) is 0 Å². The summed E-state index contributed by atoms with van der Waals surface area (Å²) in [6.45, 7) is 4.08. The van der Waals surface area contributed by atoms with Gasteiger partial charge < -0.3 is 15.2 Å². The molecular weight excluding hydrogens is 202 g/mol. The largest absolute Gasteiger partial charge is 0.496 e.